The highest BCUT2D eigenvalue weighted by Crippen LogP contribution is 2.18. The Bertz CT molecular complexity index is 349. The Morgan fingerprint density at radius 3 is 2.43 bits per heavy atom. The summed E-state index contributed by atoms with van der Waals surface area (Å²) >= 11 is 0. The molecule has 0 fully saturated rings. The monoisotopic (exact) mass is 203 g/mol. The van der Waals surface area contributed by atoms with Crippen LogP contribution >= 0.6 is 0 Å². The second kappa shape index (κ2) is 3.73. The van der Waals surface area contributed by atoms with Crippen LogP contribution in [0.4, 0.5) is 12.9 Å². The Kier molecular flexibility index (Phi) is 2.83. The van der Waals surface area contributed by atoms with E-state index in [2.05, 4.69) is 4.74 Å². The molecular formula is C8H7BF3O2-. The highest BCUT2D eigenvalue weighted by atomic mass is 19.4. The lowest BCUT2D eigenvalue weighted by Gasteiger charge is -2.18. The number of hydrogen-bond donors (Lipinski definition) is 0. The Labute approximate surface area is 78.7 Å². The zero-order chi connectivity index (χ0) is 10.8. The molecule has 1 aromatic rings. The van der Waals surface area contributed by atoms with Crippen molar-refractivity contribution in [3.8, 4) is 5.75 Å². The van der Waals surface area contributed by atoms with E-state index < -0.39 is 12.4 Å². The molecule has 0 aliphatic carbocycles. The van der Waals surface area contributed by atoms with E-state index in [1.54, 1.807) is 0 Å². The molecule has 1 aromatic carbocycles. The van der Waals surface area contributed by atoms with Crippen molar-refractivity contribution in [2.24, 2.45) is 0 Å². The van der Waals surface area contributed by atoms with Gasteiger partial charge in [0.05, 0.1) is 12.9 Å². The van der Waals surface area contributed by atoms with Crippen molar-refractivity contribution in [1.29, 1.82) is 0 Å². The number of hydrogen-bond acceptors (Lipinski definition) is 2. The molecule has 0 saturated carbocycles. The van der Waals surface area contributed by atoms with E-state index in [1.807, 2.05) is 0 Å². The Balaban J connectivity index is 3.25. The minimum Gasteiger partial charge on any atom is -0.500 e. The van der Waals surface area contributed by atoms with Gasteiger partial charge in [-0.1, -0.05) is 17.6 Å². The summed E-state index contributed by atoms with van der Waals surface area (Å²) in [6, 6.07) is 3.03. The Hall–Kier alpha value is -1.46. The average Bonchev–Trinajstić information content (AvgIpc) is 2.15. The van der Waals surface area contributed by atoms with E-state index in [0.29, 0.717) is 6.29 Å². The van der Waals surface area contributed by atoms with Gasteiger partial charge in [-0.05, 0) is 6.07 Å². The first-order valence-corrected chi connectivity index (χ1v) is 3.82. The van der Waals surface area contributed by atoms with Crippen molar-refractivity contribution >= 4 is 18.7 Å². The predicted octanol–water partition coefficient (Wildman–Crippen LogP) is 1.56. The molecule has 0 amide bonds. The van der Waals surface area contributed by atoms with E-state index in [0.717, 1.165) is 25.3 Å². The van der Waals surface area contributed by atoms with Crippen LogP contribution in [0, 0.1) is 0 Å². The van der Waals surface area contributed by atoms with Crippen molar-refractivity contribution in [2.45, 2.75) is 0 Å². The van der Waals surface area contributed by atoms with Gasteiger partial charge in [0, 0.05) is 5.56 Å². The topological polar surface area (TPSA) is 26.3 Å². The van der Waals surface area contributed by atoms with Crippen LogP contribution in [-0.4, -0.2) is 20.4 Å². The molecule has 0 heterocycles. The normalized spacial score (nSPS) is 11.1. The zero-order valence-corrected chi connectivity index (χ0v) is 7.34. The summed E-state index contributed by atoms with van der Waals surface area (Å²) in [5.74, 6) is -0.317. The van der Waals surface area contributed by atoms with Gasteiger partial charge in [0.2, 0.25) is 0 Å². The fourth-order valence-corrected chi connectivity index (χ4v) is 1.07. The molecule has 0 unspecified atom stereocenters. The maximum Gasteiger partial charge on any atom is 0.513 e. The SMILES string of the molecule is COc1cc(C=O)ccc1[B-](F)(F)F. The van der Waals surface area contributed by atoms with Gasteiger partial charge in [0.25, 0.3) is 0 Å². The van der Waals surface area contributed by atoms with E-state index in [-0.39, 0.29) is 11.3 Å². The smallest absolute Gasteiger partial charge is 0.500 e. The fourth-order valence-electron chi connectivity index (χ4n) is 1.07. The lowest BCUT2D eigenvalue weighted by atomic mass is 9.79. The number of carbonyl (C=O) groups is 1. The first-order chi connectivity index (χ1) is 6.49. The lowest BCUT2D eigenvalue weighted by Crippen LogP contribution is -2.35. The molecule has 0 spiro atoms. The zero-order valence-electron chi connectivity index (χ0n) is 7.34. The van der Waals surface area contributed by atoms with Gasteiger partial charge in [0.15, 0.2) is 0 Å². The van der Waals surface area contributed by atoms with Crippen molar-refractivity contribution in [3.63, 3.8) is 0 Å². The summed E-state index contributed by atoms with van der Waals surface area (Å²) in [6.07, 6.45) is 0.468. The second-order valence-electron chi connectivity index (χ2n) is 2.69. The molecule has 0 aliphatic heterocycles. The molecule has 1 rings (SSSR count). The second-order valence-corrected chi connectivity index (χ2v) is 2.69. The highest BCUT2D eigenvalue weighted by molar-refractivity contribution is 6.74. The molecule has 76 valence electrons. The van der Waals surface area contributed by atoms with Crippen LogP contribution in [0.5, 0.6) is 5.75 Å². The number of halogens is 3. The van der Waals surface area contributed by atoms with E-state index >= 15 is 0 Å². The van der Waals surface area contributed by atoms with Crippen LogP contribution in [0.2, 0.25) is 0 Å². The van der Waals surface area contributed by atoms with Crippen LogP contribution in [0.1, 0.15) is 10.4 Å². The third kappa shape index (κ3) is 2.07. The van der Waals surface area contributed by atoms with Gasteiger partial charge in [0.1, 0.15) is 6.29 Å². The van der Waals surface area contributed by atoms with Gasteiger partial charge >= 0.3 is 6.98 Å². The number of rotatable bonds is 3. The van der Waals surface area contributed by atoms with E-state index in [4.69, 9.17) is 0 Å². The predicted molar refractivity (Wildman–Crippen MR) is 47.1 cm³/mol. The molecular weight excluding hydrogens is 196 g/mol. The van der Waals surface area contributed by atoms with Crippen LogP contribution in [-0.2, 0) is 0 Å². The maximum atomic E-state index is 12.4. The van der Waals surface area contributed by atoms with Crippen LogP contribution in [0.3, 0.4) is 0 Å². The molecule has 0 atom stereocenters. The number of aldehydes is 1. The van der Waals surface area contributed by atoms with Crippen LogP contribution in [0.25, 0.3) is 0 Å². The first kappa shape index (κ1) is 10.6. The summed E-state index contributed by atoms with van der Waals surface area (Å²) in [5.41, 5.74) is -0.663. The van der Waals surface area contributed by atoms with Crippen molar-refractivity contribution in [3.05, 3.63) is 23.8 Å². The van der Waals surface area contributed by atoms with Gasteiger partial charge in [-0.2, -0.15) is 0 Å². The Morgan fingerprint density at radius 2 is 2.00 bits per heavy atom. The third-order valence-corrected chi connectivity index (χ3v) is 1.75. The van der Waals surface area contributed by atoms with Gasteiger partial charge in [-0.3, -0.25) is 4.79 Å². The molecule has 0 aliphatic rings. The summed E-state index contributed by atoms with van der Waals surface area (Å²) in [7, 11) is 1.13. The Morgan fingerprint density at radius 1 is 1.36 bits per heavy atom. The number of ether oxygens (including phenoxy) is 1. The summed E-state index contributed by atoms with van der Waals surface area (Å²) in [6.45, 7) is -5.10. The molecule has 0 radical (unpaired) electrons. The van der Waals surface area contributed by atoms with Crippen molar-refractivity contribution in [1.82, 2.24) is 0 Å². The van der Waals surface area contributed by atoms with Gasteiger partial charge in [-0.15, -0.1) is 0 Å². The molecule has 0 saturated heterocycles. The largest absolute Gasteiger partial charge is 0.513 e. The van der Waals surface area contributed by atoms with E-state index in [9.17, 15) is 17.7 Å². The quantitative estimate of drug-likeness (QED) is 0.550. The average molecular weight is 203 g/mol. The highest BCUT2D eigenvalue weighted by Gasteiger charge is 2.29. The number of carbonyl (C=O) groups excluding carboxylic acids is 1. The molecule has 2 nitrogen and oxygen atoms in total. The third-order valence-electron chi connectivity index (χ3n) is 1.75. The minimum atomic E-state index is -5.10. The molecule has 14 heavy (non-hydrogen) atoms. The first-order valence-electron chi connectivity index (χ1n) is 3.82. The molecule has 6 heteroatoms. The molecule has 0 N–H and O–H groups in total. The summed E-state index contributed by atoms with van der Waals surface area (Å²) in [5, 5.41) is 0. The minimum absolute atomic E-state index is 0.158. The molecule has 0 aromatic heterocycles. The standard InChI is InChI=1S/C8H7BF3O2/c1-14-8-4-6(5-13)2-3-7(8)9(10,11)12/h2-5H,1H3/q-1. The summed E-state index contributed by atoms with van der Waals surface area (Å²) in [4.78, 5) is 10.3. The number of methoxy groups -OCH3 is 1. The number of benzene rings is 1. The van der Waals surface area contributed by atoms with Gasteiger partial charge in [-0.25, -0.2) is 0 Å². The summed E-state index contributed by atoms with van der Waals surface area (Å²) < 4.78 is 41.6. The van der Waals surface area contributed by atoms with Crippen LogP contribution < -0.4 is 10.2 Å². The lowest BCUT2D eigenvalue weighted by molar-refractivity contribution is 0.112. The fraction of sp³-hybridized carbons (Fsp3) is 0.125. The van der Waals surface area contributed by atoms with Crippen molar-refractivity contribution < 1.29 is 22.5 Å². The molecule has 0 bridgehead atoms. The van der Waals surface area contributed by atoms with E-state index in [1.165, 1.54) is 0 Å². The maximum absolute atomic E-state index is 12.4. The van der Waals surface area contributed by atoms with Gasteiger partial charge < -0.3 is 17.7 Å². The van der Waals surface area contributed by atoms with Crippen LogP contribution in [0.15, 0.2) is 18.2 Å². The van der Waals surface area contributed by atoms with Crippen molar-refractivity contribution in [2.75, 3.05) is 7.11 Å².